The van der Waals surface area contributed by atoms with Gasteiger partial charge in [-0.2, -0.15) is 0 Å². The summed E-state index contributed by atoms with van der Waals surface area (Å²) < 4.78 is 0. The summed E-state index contributed by atoms with van der Waals surface area (Å²) in [6.45, 7) is 2.34. The molecule has 1 aromatic carbocycles. The summed E-state index contributed by atoms with van der Waals surface area (Å²) in [4.78, 5) is 11.6. The fourth-order valence-electron chi connectivity index (χ4n) is 3.62. The molecule has 0 radical (unpaired) electrons. The Labute approximate surface area is 132 Å². The third-order valence-electron chi connectivity index (χ3n) is 5.05. The molecule has 1 saturated carbocycles. The fraction of sp³-hybridized carbons (Fsp3) is 0.611. The van der Waals surface area contributed by atoms with Crippen LogP contribution in [-0.2, 0) is 11.2 Å². The highest BCUT2D eigenvalue weighted by atomic mass is 35.5. The van der Waals surface area contributed by atoms with Gasteiger partial charge in [-0.1, -0.05) is 31.9 Å². The number of alkyl halides is 1. The minimum atomic E-state index is 0.113. The highest BCUT2D eigenvalue weighted by Gasteiger charge is 2.26. The van der Waals surface area contributed by atoms with Crippen molar-refractivity contribution in [3.63, 3.8) is 0 Å². The third kappa shape index (κ3) is 3.42. The molecule has 0 saturated heterocycles. The molecule has 2 aliphatic rings. The van der Waals surface area contributed by atoms with Crippen molar-refractivity contribution in [2.24, 2.45) is 11.8 Å². The zero-order valence-corrected chi connectivity index (χ0v) is 13.5. The second-order valence-corrected chi connectivity index (χ2v) is 7.21. The van der Waals surface area contributed by atoms with Gasteiger partial charge < -0.3 is 5.32 Å². The van der Waals surface area contributed by atoms with Crippen LogP contribution in [0.25, 0.3) is 0 Å². The van der Waals surface area contributed by atoms with Gasteiger partial charge in [-0.3, -0.25) is 4.79 Å². The molecule has 1 unspecified atom stereocenters. The minimum Gasteiger partial charge on any atom is -0.326 e. The molecule has 3 rings (SSSR count). The van der Waals surface area contributed by atoms with Gasteiger partial charge in [0.1, 0.15) is 0 Å². The van der Waals surface area contributed by atoms with Gasteiger partial charge in [-0.15, -0.1) is 11.6 Å². The van der Waals surface area contributed by atoms with Crippen LogP contribution in [0.2, 0.25) is 0 Å². The summed E-state index contributed by atoms with van der Waals surface area (Å²) in [5, 5.41) is 3.10. The van der Waals surface area contributed by atoms with E-state index in [9.17, 15) is 4.79 Å². The summed E-state index contributed by atoms with van der Waals surface area (Å²) >= 11 is 6.76. The summed E-state index contributed by atoms with van der Waals surface area (Å²) in [6, 6.07) is 6.35. The fourth-order valence-corrected chi connectivity index (χ4v) is 4.00. The van der Waals surface area contributed by atoms with E-state index >= 15 is 0 Å². The maximum absolute atomic E-state index is 11.6. The summed E-state index contributed by atoms with van der Waals surface area (Å²) in [7, 11) is 0. The Morgan fingerprint density at radius 3 is 2.71 bits per heavy atom. The van der Waals surface area contributed by atoms with Crippen LogP contribution in [0.1, 0.15) is 62.0 Å². The van der Waals surface area contributed by atoms with Crippen molar-refractivity contribution in [2.75, 3.05) is 5.32 Å². The standard InChI is InChI=1S/C18H24ClNO/c1-12-5-7-13(8-6-12)18(19)15-9-10-16-14(11-15)3-2-4-17(21)20-16/h9-13,18H,2-8H2,1H3,(H,20,21). The first-order chi connectivity index (χ1) is 10.1. The second kappa shape index (κ2) is 6.39. The van der Waals surface area contributed by atoms with Crippen molar-refractivity contribution in [3.8, 4) is 0 Å². The van der Waals surface area contributed by atoms with Gasteiger partial charge in [0.05, 0.1) is 5.38 Å². The zero-order valence-electron chi connectivity index (χ0n) is 12.7. The highest BCUT2D eigenvalue weighted by Crippen LogP contribution is 2.41. The molecule has 1 amide bonds. The number of hydrogen-bond acceptors (Lipinski definition) is 1. The van der Waals surface area contributed by atoms with Gasteiger partial charge in [0, 0.05) is 12.1 Å². The molecule has 1 aromatic rings. The van der Waals surface area contributed by atoms with Crippen molar-refractivity contribution >= 4 is 23.2 Å². The minimum absolute atomic E-state index is 0.113. The Hall–Kier alpha value is -1.02. The predicted octanol–water partition coefficient (Wildman–Crippen LogP) is 5.07. The largest absolute Gasteiger partial charge is 0.326 e. The number of hydrogen-bond donors (Lipinski definition) is 1. The first kappa shape index (κ1) is 14.9. The molecule has 1 heterocycles. The maximum atomic E-state index is 11.6. The van der Waals surface area contributed by atoms with E-state index < -0.39 is 0 Å². The summed E-state index contributed by atoms with van der Waals surface area (Å²) in [5.41, 5.74) is 3.45. The lowest BCUT2D eigenvalue weighted by Gasteiger charge is -2.30. The van der Waals surface area contributed by atoms with Crippen molar-refractivity contribution < 1.29 is 4.79 Å². The van der Waals surface area contributed by atoms with Crippen molar-refractivity contribution in [3.05, 3.63) is 29.3 Å². The summed E-state index contributed by atoms with van der Waals surface area (Å²) in [5.74, 6) is 1.58. The van der Waals surface area contributed by atoms with Crippen LogP contribution in [0.4, 0.5) is 5.69 Å². The van der Waals surface area contributed by atoms with Crippen LogP contribution in [0.3, 0.4) is 0 Å². The highest BCUT2D eigenvalue weighted by molar-refractivity contribution is 6.21. The Morgan fingerprint density at radius 1 is 1.19 bits per heavy atom. The number of carbonyl (C=O) groups excluding carboxylic acids is 1. The Morgan fingerprint density at radius 2 is 1.95 bits per heavy atom. The first-order valence-electron chi connectivity index (χ1n) is 8.20. The van der Waals surface area contributed by atoms with Gasteiger partial charge >= 0.3 is 0 Å². The first-order valence-corrected chi connectivity index (χ1v) is 8.64. The molecule has 0 aromatic heterocycles. The normalized spacial score (nSPS) is 27.4. The van der Waals surface area contributed by atoms with E-state index in [1.54, 1.807) is 0 Å². The molecule has 1 aliphatic carbocycles. The van der Waals surface area contributed by atoms with E-state index in [-0.39, 0.29) is 11.3 Å². The lowest BCUT2D eigenvalue weighted by molar-refractivity contribution is -0.116. The lowest BCUT2D eigenvalue weighted by Crippen LogP contribution is -2.16. The molecule has 1 N–H and O–H groups in total. The number of halogens is 1. The average Bonchev–Trinajstić information content (AvgIpc) is 2.67. The van der Waals surface area contributed by atoms with E-state index in [4.69, 9.17) is 11.6 Å². The van der Waals surface area contributed by atoms with Crippen LogP contribution in [-0.4, -0.2) is 5.91 Å². The number of aryl methyl sites for hydroxylation is 1. The van der Waals surface area contributed by atoms with Gasteiger partial charge in [0.2, 0.25) is 5.91 Å². The summed E-state index contributed by atoms with van der Waals surface area (Å²) in [6.07, 6.45) is 7.59. The quantitative estimate of drug-likeness (QED) is 0.760. The third-order valence-corrected chi connectivity index (χ3v) is 5.65. The molecule has 21 heavy (non-hydrogen) atoms. The molecular weight excluding hydrogens is 282 g/mol. The van der Waals surface area contributed by atoms with Crippen LogP contribution in [0.5, 0.6) is 0 Å². The van der Waals surface area contributed by atoms with E-state index in [0.717, 1.165) is 24.4 Å². The predicted molar refractivity (Wildman–Crippen MR) is 87.7 cm³/mol. The Bertz CT molecular complexity index is 520. The number of carbonyl (C=O) groups is 1. The van der Waals surface area contributed by atoms with Gasteiger partial charge in [0.15, 0.2) is 0 Å². The van der Waals surface area contributed by atoms with E-state index in [1.807, 2.05) is 6.07 Å². The molecule has 114 valence electrons. The number of nitrogens with one attached hydrogen (secondary N) is 1. The molecule has 1 fully saturated rings. The number of anilines is 1. The van der Waals surface area contributed by atoms with Gasteiger partial charge in [0.25, 0.3) is 0 Å². The van der Waals surface area contributed by atoms with E-state index in [1.165, 1.54) is 36.8 Å². The zero-order chi connectivity index (χ0) is 14.8. The topological polar surface area (TPSA) is 29.1 Å². The van der Waals surface area contributed by atoms with Crippen LogP contribution in [0.15, 0.2) is 18.2 Å². The van der Waals surface area contributed by atoms with Crippen molar-refractivity contribution in [1.29, 1.82) is 0 Å². The van der Waals surface area contributed by atoms with Crippen LogP contribution in [0, 0.1) is 11.8 Å². The van der Waals surface area contributed by atoms with Crippen LogP contribution >= 0.6 is 11.6 Å². The Balaban J connectivity index is 1.76. The number of fused-ring (bicyclic) bond motifs is 1. The van der Waals surface area contributed by atoms with E-state index in [2.05, 4.69) is 24.4 Å². The molecule has 0 spiro atoms. The van der Waals surface area contributed by atoms with Crippen molar-refractivity contribution in [2.45, 2.75) is 57.2 Å². The molecular formula is C18H24ClNO. The maximum Gasteiger partial charge on any atom is 0.224 e. The number of rotatable bonds is 2. The smallest absolute Gasteiger partial charge is 0.224 e. The number of benzene rings is 1. The van der Waals surface area contributed by atoms with Gasteiger partial charge in [-0.05, 0) is 54.7 Å². The molecule has 1 aliphatic heterocycles. The van der Waals surface area contributed by atoms with Crippen LogP contribution < -0.4 is 5.32 Å². The average molecular weight is 306 g/mol. The van der Waals surface area contributed by atoms with Crippen molar-refractivity contribution in [1.82, 2.24) is 0 Å². The lowest BCUT2D eigenvalue weighted by atomic mass is 9.79. The Kier molecular flexibility index (Phi) is 4.54. The van der Waals surface area contributed by atoms with Gasteiger partial charge in [-0.25, -0.2) is 0 Å². The monoisotopic (exact) mass is 305 g/mol. The second-order valence-electron chi connectivity index (χ2n) is 6.74. The SMILES string of the molecule is CC1CCC(C(Cl)c2ccc3c(c2)CCCC(=O)N3)CC1. The number of amides is 1. The molecule has 3 heteroatoms. The molecule has 2 nitrogen and oxygen atoms in total. The molecule has 1 atom stereocenters. The molecule has 0 bridgehead atoms. The van der Waals surface area contributed by atoms with E-state index in [0.29, 0.717) is 12.3 Å².